The molecule has 0 bridgehead atoms. The van der Waals surface area contributed by atoms with Gasteiger partial charge < -0.3 is 0 Å². The first-order valence-corrected chi connectivity index (χ1v) is 5.16. The van der Waals surface area contributed by atoms with Gasteiger partial charge in [0, 0.05) is 10.5 Å². The van der Waals surface area contributed by atoms with E-state index in [1.807, 2.05) is 0 Å². The van der Waals surface area contributed by atoms with Gasteiger partial charge in [-0.15, -0.1) is 12.6 Å². The summed E-state index contributed by atoms with van der Waals surface area (Å²) in [5.74, 6) is -0.281. The minimum absolute atomic E-state index is 0.281. The summed E-state index contributed by atoms with van der Waals surface area (Å²) in [6.45, 7) is 0. The molecule has 0 atom stereocenters. The van der Waals surface area contributed by atoms with Gasteiger partial charge in [0.05, 0.1) is 9.02 Å². The van der Waals surface area contributed by atoms with Crippen molar-refractivity contribution >= 4 is 37.1 Å². The lowest BCUT2D eigenvalue weighted by Crippen LogP contribution is -1.89. The Kier molecular flexibility index (Phi) is 2.51. The maximum absolute atomic E-state index is 12.9. The minimum atomic E-state index is -0.281. The first-order chi connectivity index (χ1) is 6.61. The third-order valence-corrected chi connectivity index (χ3v) is 3.54. The van der Waals surface area contributed by atoms with Gasteiger partial charge in [0.25, 0.3) is 0 Å². The van der Waals surface area contributed by atoms with E-state index in [1.165, 1.54) is 12.1 Å². The molecule has 0 fully saturated rings. The molecule has 0 heterocycles. The topological polar surface area (TPSA) is 0 Å². The summed E-state index contributed by atoms with van der Waals surface area (Å²) >= 11 is 14.2. The number of hydrogen-bond acceptors (Lipinski definition) is 3. The van der Waals surface area contributed by atoms with Gasteiger partial charge in [0.1, 0.15) is 5.82 Å². The Balaban J connectivity index is 2.63. The fourth-order valence-electron chi connectivity index (χ4n) is 1.29. The highest BCUT2D eigenvalue weighted by molar-refractivity contribution is 7.81. The van der Waals surface area contributed by atoms with E-state index in [0.717, 1.165) is 11.1 Å². The van der Waals surface area contributed by atoms with Crippen LogP contribution in [0.2, 0.25) is 0 Å². The largest absolute Gasteiger partial charge is 0.207 e. The fraction of sp³-hybridized carbons (Fsp3) is 0. The zero-order valence-corrected chi connectivity index (χ0v) is 9.48. The van der Waals surface area contributed by atoms with Crippen molar-refractivity contribution in [3.05, 3.63) is 39.1 Å². The summed E-state index contributed by atoms with van der Waals surface area (Å²) < 4.78 is 14.1. The maximum Gasteiger partial charge on any atom is 0.123 e. The van der Waals surface area contributed by atoms with E-state index in [-0.39, 0.29) is 5.82 Å². The van der Waals surface area contributed by atoms with Crippen LogP contribution in [0, 0.1) is 14.8 Å². The molecule has 0 aliphatic rings. The van der Waals surface area contributed by atoms with Crippen LogP contribution >= 0.6 is 37.1 Å². The summed E-state index contributed by atoms with van der Waals surface area (Å²) in [4.78, 5) is 0.690. The molecular formula is C10H5FS3. The molecule has 2 aromatic rings. The smallest absolute Gasteiger partial charge is 0.123 e. The van der Waals surface area contributed by atoms with Crippen LogP contribution in [-0.4, -0.2) is 0 Å². The molecule has 0 radical (unpaired) electrons. The van der Waals surface area contributed by atoms with Gasteiger partial charge in [-0.2, -0.15) is 0 Å². The highest BCUT2D eigenvalue weighted by Gasteiger charge is 2.13. The van der Waals surface area contributed by atoms with Crippen molar-refractivity contribution in [1.29, 1.82) is 0 Å². The van der Waals surface area contributed by atoms with Crippen molar-refractivity contribution in [3.63, 3.8) is 0 Å². The standard InChI is InChI=1S/C10H5FS3/c11-6-3-1-2-5(4-6)7-8(12)10(14)9(7)13/h1-4,12H. The molecule has 0 aliphatic heterocycles. The summed E-state index contributed by atoms with van der Waals surface area (Å²) in [6, 6.07) is 6.26. The second-order valence-electron chi connectivity index (χ2n) is 2.89. The van der Waals surface area contributed by atoms with Crippen molar-refractivity contribution in [2.24, 2.45) is 0 Å². The van der Waals surface area contributed by atoms with Crippen molar-refractivity contribution in [2.75, 3.05) is 0 Å². The Morgan fingerprint density at radius 2 is 1.86 bits per heavy atom. The van der Waals surface area contributed by atoms with E-state index in [1.54, 1.807) is 12.1 Å². The van der Waals surface area contributed by atoms with E-state index < -0.39 is 0 Å². The number of rotatable bonds is 1. The highest BCUT2D eigenvalue weighted by Crippen LogP contribution is 2.34. The van der Waals surface area contributed by atoms with Crippen LogP contribution in [0.4, 0.5) is 4.39 Å². The first-order valence-electron chi connectivity index (χ1n) is 3.89. The van der Waals surface area contributed by atoms with Crippen LogP contribution in [0.1, 0.15) is 0 Å². The second kappa shape index (κ2) is 3.53. The van der Waals surface area contributed by atoms with Gasteiger partial charge in [-0.25, -0.2) is 4.39 Å². The van der Waals surface area contributed by atoms with Crippen LogP contribution in [-0.2, 0) is 0 Å². The molecule has 0 amide bonds. The lowest BCUT2D eigenvalue weighted by molar-refractivity contribution is 0.628. The Labute approximate surface area is 96.5 Å². The lowest BCUT2D eigenvalue weighted by atomic mass is 10.0. The molecule has 14 heavy (non-hydrogen) atoms. The van der Waals surface area contributed by atoms with Gasteiger partial charge in [-0.05, 0) is 17.7 Å². The number of thiol groups is 1. The molecule has 0 saturated carbocycles. The molecule has 0 aromatic heterocycles. The molecular weight excluding hydrogens is 235 g/mol. The molecule has 2 aromatic carbocycles. The molecule has 0 unspecified atom stereocenters. The number of hydrogen-bond donors (Lipinski definition) is 1. The molecule has 0 N–H and O–H groups in total. The lowest BCUT2D eigenvalue weighted by Gasteiger charge is -2.09. The van der Waals surface area contributed by atoms with Gasteiger partial charge in [-0.1, -0.05) is 36.6 Å². The third kappa shape index (κ3) is 1.43. The normalized spacial score (nSPS) is 10.7. The Hall–Kier alpha value is -0.580. The SMILES string of the molecule is Fc1cccc(-c2c(S)c(=S)c2=S)c1. The van der Waals surface area contributed by atoms with Crippen LogP contribution < -0.4 is 0 Å². The zero-order valence-electron chi connectivity index (χ0n) is 6.95. The van der Waals surface area contributed by atoms with Gasteiger partial charge in [-0.3, -0.25) is 0 Å². The van der Waals surface area contributed by atoms with E-state index in [0.29, 0.717) is 13.9 Å². The Morgan fingerprint density at radius 3 is 2.43 bits per heavy atom. The van der Waals surface area contributed by atoms with Gasteiger partial charge in [0.2, 0.25) is 0 Å². The Bertz CT molecular complexity index is 565. The molecule has 70 valence electrons. The van der Waals surface area contributed by atoms with E-state index in [9.17, 15) is 4.39 Å². The molecule has 0 saturated heterocycles. The average molecular weight is 240 g/mol. The summed E-state index contributed by atoms with van der Waals surface area (Å²) in [6.07, 6.45) is 0. The zero-order chi connectivity index (χ0) is 10.3. The van der Waals surface area contributed by atoms with Gasteiger partial charge >= 0.3 is 0 Å². The monoisotopic (exact) mass is 240 g/mol. The van der Waals surface area contributed by atoms with Crippen molar-refractivity contribution in [1.82, 2.24) is 0 Å². The predicted octanol–water partition coefficient (Wildman–Crippen LogP) is 4.12. The van der Waals surface area contributed by atoms with Crippen LogP contribution in [0.3, 0.4) is 0 Å². The molecule has 0 aliphatic carbocycles. The van der Waals surface area contributed by atoms with E-state index >= 15 is 0 Å². The molecule has 0 nitrogen and oxygen atoms in total. The van der Waals surface area contributed by atoms with Crippen LogP contribution in [0.15, 0.2) is 29.2 Å². The van der Waals surface area contributed by atoms with Crippen molar-refractivity contribution in [3.8, 4) is 11.1 Å². The third-order valence-electron chi connectivity index (χ3n) is 2.00. The Morgan fingerprint density at radius 1 is 1.14 bits per heavy atom. The van der Waals surface area contributed by atoms with E-state index in [4.69, 9.17) is 24.4 Å². The highest BCUT2D eigenvalue weighted by atomic mass is 32.1. The average Bonchev–Trinajstić information content (AvgIpc) is 2.18. The van der Waals surface area contributed by atoms with Crippen molar-refractivity contribution in [2.45, 2.75) is 4.90 Å². The summed E-state index contributed by atoms with van der Waals surface area (Å²) in [5, 5.41) is 0. The molecule has 0 spiro atoms. The van der Waals surface area contributed by atoms with E-state index in [2.05, 4.69) is 12.6 Å². The van der Waals surface area contributed by atoms with Gasteiger partial charge in [0.15, 0.2) is 0 Å². The first kappa shape index (κ1) is 9.96. The minimum Gasteiger partial charge on any atom is -0.207 e. The van der Waals surface area contributed by atoms with Crippen LogP contribution in [0.5, 0.6) is 0 Å². The number of halogens is 1. The fourth-order valence-corrected chi connectivity index (χ4v) is 2.32. The van der Waals surface area contributed by atoms with Crippen molar-refractivity contribution < 1.29 is 4.39 Å². The molecule has 4 heteroatoms. The number of benzene rings is 1. The van der Waals surface area contributed by atoms with Crippen LogP contribution in [0.25, 0.3) is 11.1 Å². The second-order valence-corrected chi connectivity index (χ2v) is 4.16. The summed E-state index contributed by atoms with van der Waals surface area (Å²) in [7, 11) is 0. The quantitative estimate of drug-likeness (QED) is 0.588. The predicted molar refractivity (Wildman–Crippen MR) is 63.1 cm³/mol. The maximum atomic E-state index is 12.9. The molecule has 2 rings (SSSR count). The summed E-state index contributed by atoms with van der Waals surface area (Å²) in [5.41, 5.74) is 1.53.